The molecule has 0 atom stereocenters. The van der Waals surface area contributed by atoms with Gasteiger partial charge in [-0.15, -0.1) is 0 Å². The van der Waals surface area contributed by atoms with Crippen LogP contribution in [0.5, 0.6) is 0 Å². The highest BCUT2D eigenvalue weighted by atomic mass is 14.9. The highest BCUT2D eigenvalue weighted by molar-refractivity contribution is 5.98. The van der Waals surface area contributed by atoms with Gasteiger partial charge in [0.1, 0.15) is 0 Å². The number of benzene rings is 10. The van der Waals surface area contributed by atoms with Gasteiger partial charge >= 0.3 is 0 Å². The first-order chi connectivity index (χ1) is 34.4. The van der Waals surface area contributed by atoms with Gasteiger partial charge in [0, 0.05) is 22.1 Å². The van der Waals surface area contributed by atoms with Crippen molar-refractivity contribution in [2.24, 2.45) is 0 Å². The lowest BCUT2D eigenvalue weighted by atomic mass is 9.55. The Morgan fingerprint density at radius 1 is 0.257 bits per heavy atom. The summed E-state index contributed by atoms with van der Waals surface area (Å²) in [5.41, 5.74) is 24.0. The normalized spacial score (nSPS) is 13.5. The van der Waals surface area contributed by atoms with Gasteiger partial charge in [-0.05, 0) is 119 Å². The van der Waals surface area contributed by atoms with Gasteiger partial charge in [0.25, 0.3) is 0 Å². The molecular formula is C68H48N2. The van der Waals surface area contributed by atoms with Crippen molar-refractivity contribution in [3.63, 3.8) is 0 Å². The smallest absolute Gasteiger partial charge is 0.160 e. The highest BCUT2D eigenvalue weighted by Crippen LogP contribution is 2.63. The fourth-order valence-corrected chi connectivity index (χ4v) is 11.7. The monoisotopic (exact) mass is 892 g/mol. The van der Waals surface area contributed by atoms with Crippen LogP contribution in [-0.2, 0) is 10.8 Å². The van der Waals surface area contributed by atoms with Gasteiger partial charge in [-0.1, -0.05) is 238 Å². The molecule has 2 aliphatic rings. The van der Waals surface area contributed by atoms with E-state index in [9.17, 15) is 0 Å². The molecule has 1 aromatic heterocycles. The average Bonchev–Trinajstić information content (AvgIpc) is 3.73. The van der Waals surface area contributed by atoms with E-state index in [4.69, 9.17) is 9.97 Å². The Morgan fingerprint density at radius 3 is 1.21 bits per heavy atom. The lowest BCUT2D eigenvalue weighted by Gasteiger charge is -2.46. The van der Waals surface area contributed by atoms with Crippen molar-refractivity contribution in [1.29, 1.82) is 0 Å². The minimum atomic E-state index is -0.566. The molecule has 0 unspecified atom stereocenters. The Hall–Kier alpha value is -8.72. The van der Waals surface area contributed by atoms with E-state index in [0.717, 1.165) is 28.1 Å². The standard InChI is InChI=1S/C68H48N2/c1-67(2)58-29-15-17-31-60(58)68(61-32-18-16-30-59(61)67)57-39-38-51(47-34-36-48(37-35-47)54-41-52(45-20-7-3-8-21-45)40-53(42-54)46-22-9-4-10-23-46)43-56(57)65-55(28-19-33-62(65)68)64-44-63(49-24-11-5-12-25-49)69-66(70-64)50-26-13-6-14-27-50/h3-44H,1-2H3. The van der Waals surface area contributed by atoms with Crippen LogP contribution >= 0.6 is 0 Å². The fourth-order valence-electron chi connectivity index (χ4n) is 11.7. The van der Waals surface area contributed by atoms with Crippen LogP contribution in [0.25, 0.3) is 89.5 Å². The van der Waals surface area contributed by atoms with Crippen molar-refractivity contribution in [1.82, 2.24) is 9.97 Å². The van der Waals surface area contributed by atoms with Gasteiger partial charge in [0.05, 0.1) is 16.8 Å². The third-order valence-corrected chi connectivity index (χ3v) is 15.0. The molecule has 0 aliphatic heterocycles. The van der Waals surface area contributed by atoms with Gasteiger partial charge in [0.15, 0.2) is 5.82 Å². The van der Waals surface area contributed by atoms with E-state index in [1.807, 2.05) is 6.07 Å². The average molecular weight is 893 g/mol. The zero-order valence-corrected chi connectivity index (χ0v) is 39.1. The number of hydrogen-bond acceptors (Lipinski definition) is 2. The summed E-state index contributed by atoms with van der Waals surface area (Å²) in [7, 11) is 0. The van der Waals surface area contributed by atoms with E-state index in [-0.39, 0.29) is 5.41 Å². The quantitative estimate of drug-likeness (QED) is 0.159. The molecule has 0 saturated heterocycles. The van der Waals surface area contributed by atoms with Gasteiger partial charge in [0.2, 0.25) is 0 Å². The molecule has 0 saturated carbocycles. The molecule has 2 nitrogen and oxygen atoms in total. The minimum Gasteiger partial charge on any atom is -0.228 e. The van der Waals surface area contributed by atoms with Crippen LogP contribution in [0.1, 0.15) is 47.2 Å². The van der Waals surface area contributed by atoms with Crippen LogP contribution < -0.4 is 0 Å². The topological polar surface area (TPSA) is 25.8 Å². The summed E-state index contributed by atoms with van der Waals surface area (Å²) < 4.78 is 0. The Labute approximate surface area is 410 Å². The molecule has 2 aliphatic carbocycles. The molecule has 70 heavy (non-hydrogen) atoms. The maximum absolute atomic E-state index is 5.45. The first kappa shape index (κ1) is 41.5. The van der Waals surface area contributed by atoms with Gasteiger partial charge in [-0.3, -0.25) is 0 Å². The molecule has 0 N–H and O–H groups in total. The number of rotatable bonds is 7. The molecule has 0 bridgehead atoms. The Morgan fingerprint density at radius 2 is 0.671 bits per heavy atom. The molecular weight excluding hydrogens is 845 g/mol. The van der Waals surface area contributed by atoms with E-state index in [1.165, 1.54) is 89.0 Å². The summed E-state index contributed by atoms with van der Waals surface area (Å²) in [6.07, 6.45) is 0. The second-order valence-corrected chi connectivity index (χ2v) is 19.3. The number of fused-ring (bicyclic) bond motifs is 9. The van der Waals surface area contributed by atoms with Crippen LogP contribution in [0, 0.1) is 0 Å². The van der Waals surface area contributed by atoms with E-state index in [2.05, 4.69) is 263 Å². The molecule has 0 radical (unpaired) electrons. The van der Waals surface area contributed by atoms with Crippen molar-refractivity contribution in [2.75, 3.05) is 0 Å². The largest absolute Gasteiger partial charge is 0.228 e. The van der Waals surface area contributed by atoms with Crippen molar-refractivity contribution in [2.45, 2.75) is 24.7 Å². The lowest BCUT2D eigenvalue weighted by Crippen LogP contribution is -2.40. The predicted octanol–water partition coefficient (Wildman–Crippen LogP) is 17.1. The Kier molecular flexibility index (Phi) is 9.78. The Balaban J connectivity index is 1.02. The Bertz CT molecular complexity index is 3600. The third kappa shape index (κ3) is 6.63. The van der Waals surface area contributed by atoms with Gasteiger partial charge in [-0.25, -0.2) is 9.97 Å². The first-order valence-corrected chi connectivity index (χ1v) is 24.3. The molecule has 1 heterocycles. The summed E-state index contributed by atoms with van der Waals surface area (Å²) in [6, 6.07) is 93.0. The zero-order chi connectivity index (χ0) is 46.8. The lowest BCUT2D eigenvalue weighted by molar-refractivity contribution is 0.563. The van der Waals surface area contributed by atoms with Crippen LogP contribution in [0.3, 0.4) is 0 Å². The number of nitrogens with zero attached hydrogens (tertiary/aromatic N) is 2. The minimum absolute atomic E-state index is 0.203. The molecule has 0 fully saturated rings. The van der Waals surface area contributed by atoms with Crippen LogP contribution in [0.4, 0.5) is 0 Å². The summed E-state index contributed by atoms with van der Waals surface area (Å²) in [5.74, 6) is 0.705. The molecule has 11 aromatic rings. The van der Waals surface area contributed by atoms with Crippen LogP contribution in [0.2, 0.25) is 0 Å². The summed E-state index contributed by atoms with van der Waals surface area (Å²) in [4.78, 5) is 10.7. The molecule has 1 spiro atoms. The first-order valence-electron chi connectivity index (χ1n) is 24.3. The van der Waals surface area contributed by atoms with Crippen molar-refractivity contribution in [3.8, 4) is 89.5 Å². The maximum atomic E-state index is 5.45. The third-order valence-electron chi connectivity index (χ3n) is 15.0. The second kappa shape index (κ2) is 16.5. The number of hydrogen-bond donors (Lipinski definition) is 0. The van der Waals surface area contributed by atoms with Crippen molar-refractivity contribution >= 4 is 0 Å². The molecule has 10 aromatic carbocycles. The summed E-state index contributed by atoms with van der Waals surface area (Å²) in [6.45, 7) is 4.77. The second-order valence-electron chi connectivity index (χ2n) is 19.3. The highest BCUT2D eigenvalue weighted by Gasteiger charge is 2.53. The van der Waals surface area contributed by atoms with Crippen LogP contribution in [0.15, 0.2) is 255 Å². The van der Waals surface area contributed by atoms with Gasteiger partial charge in [-0.2, -0.15) is 0 Å². The maximum Gasteiger partial charge on any atom is 0.160 e. The molecule has 2 heteroatoms. The van der Waals surface area contributed by atoms with Crippen molar-refractivity contribution in [3.05, 3.63) is 288 Å². The van der Waals surface area contributed by atoms with E-state index < -0.39 is 5.41 Å². The van der Waals surface area contributed by atoms with E-state index in [1.54, 1.807) is 0 Å². The summed E-state index contributed by atoms with van der Waals surface area (Å²) in [5, 5.41) is 0. The van der Waals surface area contributed by atoms with E-state index >= 15 is 0 Å². The molecule has 330 valence electrons. The van der Waals surface area contributed by atoms with E-state index in [0.29, 0.717) is 5.82 Å². The van der Waals surface area contributed by atoms with Crippen molar-refractivity contribution < 1.29 is 0 Å². The predicted molar refractivity (Wildman–Crippen MR) is 290 cm³/mol. The number of aromatic nitrogens is 2. The van der Waals surface area contributed by atoms with Gasteiger partial charge < -0.3 is 0 Å². The fraction of sp³-hybridized carbons (Fsp3) is 0.0588. The molecule has 13 rings (SSSR count). The SMILES string of the molecule is CC1(C)c2ccccc2C2(c3ccc(-c4ccc(-c5cc(-c6ccccc6)cc(-c6ccccc6)c5)cc4)cc3-c3c(-c4cc(-c5ccccc5)nc(-c5ccccc5)n4)cccc32)c2ccccc21. The summed E-state index contributed by atoms with van der Waals surface area (Å²) >= 11 is 0. The van der Waals surface area contributed by atoms with Crippen LogP contribution in [-0.4, -0.2) is 9.97 Å². The molecule has 0 amide bonds. The zero-order valence-electron chi connectivity index (χ0n) is 39.1.